The lowest BCUT2D eigenvalue weighted by Crippen LogP contribution is -2.41. The van der Waals surface area contributed by atoms with Crippen LogP contribution in [0.5, 0.6) is 0 Å². The number of benzene rings is 1. The van der Waals surface area contributed by atoms with E-state index in [1.54, 1.807) is 11.5 Å². The Morgan fingerprint density at radius 2 is 2.24 bits per heavy atom. The van der Waals surface area contributed by atoms with E-state index < -0.39 is 23.1 Å². The van der Waals surface area contributed by atoms with Gasteiger partial charge in [0.05, 0.1) is 11.0 Å². The molecule has 0 bridgehead atoms. The van der Waals surface area contributed by atoms with Gasteiger partial charge in [0.2, 0.25) is 5.91 Å². The molecule has 1 amide bonds. The van der Waals surface area contributed by atoms with Crippen molar-refractivity contribution in [3.05, 3.63) is 42.9 Å². The average molecular weight is 354 g/mol. The predicted octanol–water partition coefficient (Wildman–Crippen LogP) is 0.835. The first-order valence-corrected chi connectivity index (χ1v) is 7.20. The Kier molecular flexibility index (Phi) is 3.42. The molecule has 0 saturated carbocycles. The summed E-state index contributed by atoms with van der Waals surface area (Å²) in [5, 5.41) is 8.65. The third-order valence-electron chi connectivity index (χ3n) is 3.71. The molecule has 1 aliphatic heterocycles. The molecular weight excluding hydrogens is 342 g/mol. The Bertz CT molecular complexity index is 855. The van der Waals surface area contributed by atoms with Gasteiger partial charge in [-0.05, 0) is 30.5 Å². The summed E-state index contributed by atoms with van der Waals surface area (Å²) >= 11 is 3.38. The summed E-state index contributed by atoms with van der Waals surface area (Å²) < 4.78 is 2.19. The highest BCUT2D eigenvalue weighted by molar-refractivity contribution is 9.10. The van der Waals surface area contributed by atoms with E-state index in [1.165, 1.54) is 4.57 Å². The molecule has 3 rings (SSSR count). The SMILES string of the molecule is O=C(CC1CCc2cc(Br)cc3[nH]c(=O)c(=O)n1c23)NO. The lowest BCUT2D eigenvalue weighted by atomic mass is 9.96. The number of halogens is 1. The molecule has 2 aromatic rings. The number of rotatable bonds is 2. The Morgan fingerprint density at radius 1 is 1.48 bits per heavy atom. The quantitative estimate of drug-likeness (QED) is 0.422. The topological polar surface area (TPSA) is 104 Å². The van der Waals surface area contributed by atoms with E-state index in [2.05, 4.69) is 20.9 Å². The van der Waals surface area contributed by atoms with Crippen molar-refractivity contribution in [2.45, 2.75) is 25.3 Å². The molecular formula is C13H12BrN3O4. The number of hydroxylamine groups is 1. The number of carbonyl (C=O) groups is 1. The maximum atomic E-state index is 12.2. The predicted molar refractivity (Wildman–Crippen MR) is 78.4 cm³/mol. The van der Waals surface area contributed by atoms with E-state index in [1.807, 2.05) is 6.07 Å². The monoisotopic (exact) mass is 353 g/mol. The van der Waals surface area contributed by atoms with Crippen LogP contribution in [0.15, 0.2) is 26.2 Å². The van der Waals surface area contributed by atoms with Gasteiger partial charge in [-0.15, -0.1) is 0 Å². The molecule has 1 atom stereocenters. The first-order chi connectivity index (χ1) is 10.0. The molecule has 110 valence electrons. The van der Waals surface area contributed by atoms with Crippen LogP contribution in [0, 0.1) is 0 Å². The van der Waals surface area contributed by atoms with Crippen molar-refractivity contribution in [3.8, 4) is 0 Å². The molecule has 0 fully saturated rings. The summed E-state index contributed by atoms with van der Waals surface area (Å²) in [7, 11) is 0. The number of aryl methyl sites for hydroxylation is 1. The van der Waals surface area contributed by atoms with Crippen molar-refractivity contribution in [1.29, 1.82) is 0 Å². The zero-order valence-electron chi connectivity index (χ0n) is 10.9. The van der Waals surface area contributed by atoms with E-state index >= 15 is 0 Å². The van der Waals surface area contributed by atoms with E-state index in [0.29, 0.717) is 23.9 Å². The van der Waals surface area contributed by atoms with Crippen LogP contribution >= 0.6 is 15.9 Å². The van der Waals surface area contributed by atoms with Crippen molar-refractivity contribution in [3.63, 3.8) is 0 Å². The molecule has 2 heterocycles. The fourth-order valence-corrected chi connectivity index (χ4v) is 3.37. The second-order valence-electron chi connectivity index (χ2n) is 5.02. The number of amides is 1. The van der Waals surface area contributed by atoms with Crippen LogP contribution < -0.4 is 16.6 Å². The van der Waals surface area contributed by atoms with Crippen LogP contribution in [0.4, 0.5) is 0 Å². The summed E-state index contributed by atoms with van der Waals surface area (Å²) in [6.07, 6.45) is 1.19. The normalized spacial score (nSPS) is 17.0. The van der Waals surface area contributed by atoms with Gasteiger partial charge in [-0.2, -0.15) is 0 Å². The molecule has 0 spiro atoms. The molecule has 1 aromatic carbocycles. The third-order valence-corrected chi connectivity index (χ3v) is 4.17. The second-order valence-corrected chi connectivity index (χ2v) is 5.94. The summed E-state index contributed by atoms with van der Waals surface area (Å²) in [6.45, 7) is 0. The van der Waals surface area contributed by atoms with Gasteiger partial charge in [0.15, 0.2) is 0 Å². The Hall–Kier alpha value is -1.93. The molecule has 0 aliphatic carbocycles. The van der Waals surface area contributed by atoms with Crippen molar-refractivity contribution >= 4 is 32.9 Å². The van der Waals surface area contributed by atoms with Gasteiger partial charge in [0.1, 0.15) is 0 Å². The van der Waals surface area contributed by atoms with Gasteiger partial charge in [-0.25, -0.2) is 5.48 Å². The highest BCUT2D eigenvalue weighted by atomic mass is 79.9. The summed E-state index contributed by atoms with van der Waals surface area (Å²) in [6, 6.07) is 3.19. The van der Waals surface area contributed by atoms with Crippen LogP contribution in [0.3, 0.4) is 0 Å². The number of aromatic amines is 1. The van der Waals surface area contributed by atoms with Gasteiger partial charge in [0.25, 0.3) is 0 Å². The van der Waals surface area contributed by atoms with Crippen molar-refractivity contribution in [1.82, 2.24) is 15.0 Å². The maximum absolute atomic E-state index is 12.2. The van der Waals surface area contributed by atoms with E-state index in [0.717, 1.165) is 10.0 Å². The number of H-pyrrole nitrogens is 1. The highest BCUT2D eigenvalue weighted by Crippen LogP contribution is 2.31. The summed E-state index contributed by atoms with van der Waals surface area (Å²) in [5.41, 5.74) is 2.30. The molecule has 1 unspecified atom stereocenters. The maximum Gasteiger partial charge on any atom is 0.317 e. The van der Waals surface area contributed by atoms with Crippen LogP contribution in [-0.4, -0.2) is 20.7 Å². The lowest BCUT2D eigenvalue weighted by Gasteiger charge is -2.27. The number of hydrogen-bond acceptors (Lipinski definition) is 4. The lowest BCUT2D eigenvalue weighted by molar-refractivity contribution is -0.130. The minimum Gasteiger partial charge on any atom is -0.316 e. The fraction of sp³-hybridized carbons (Fsp3) is 0.308. The molecule has 21 heavy (non-hydrogen) atoms. The molecule has 0 radical (unpaired) electrons. The van der Waals surface area contributed by atoms with Gasteiger partial charge >= 0.3 is 11.1 Å². The number of nitrogens with one attached hydrogen (secondary N) is 2. The van der Waals surface area contributed by atoms with Crippen LogP contribution in [0.1, 0.15) is 24.4 Å². The standard InChI is InChI=1S/C13H12BrN3O4/c14-7-3-6-1-2-8(5-10(18)16-21)17-11(6)9(4-7)15-12(19)13(17)20/h3-4,8,21H,1-2,5H2,(H,15,19)(H,16,18). The largest absolute Gasteiger partial charge is 0.317 e. The smallest absolute Gasteiger partial charge is 0.316 e. The van der Waals surface area contributed by atoms with E-state index in [4.69, 9.17) is 5.21 Å². The van der Waals surface area contributed by atoms with Crippen molar-refractivity contribution in [2.24, 2.45) is 0 Å². The summed E-state index contributed by atoms with van der Waals surface area (Å²) in [4.78, 5) is 37.9. The van der Waals surface area contributed by atoms with Gasteiger partial charge in [0, 0.05) is 16.9 Å². The minimum atomic E-state index is -0.720. The van der Waals surface area contributed by atoms with Crippen LogP contribution in [0.25, 0.3) is 11.0 Å². The van der Waals surface area contributed by atoms with Gasteiger partial charge < -0.3 is 4.98 Å². The Balaban J connectivity index is 2.30. The van der Waals surface area contributed by atoms with Crippen molar-refractivity contribution in [2.75, 3.05) is 0 Å². The Morgan fingerprint density at radius 3 is 2.95 bits per heavy atom. The summed E-state index contributed by atoms with van der Waals surface area (Å²) in [5.74, 6) is -0.583. The average Bonchev–Trinajstić information content (AvgIpc) is 2.45. The Labute approximate surface area is 126 Å². The highest BCUT2D eigenvalue weighted by Gasteiger charge is 2.26. The first kappa shape index (κ1) is 14.0. The van der Waals surface area contributed by atoms with Crippen molar-refractivity contribution < 1.29 is 10.0 Å². The molecule has 1 aromatic heterocycles. The number of aromatic nitrogens is 2. The van der Waals surface area contributed by atoms with Crippen LogP contribution in [0.2, 0.25) is 0 Å². The van der Waals surface area contributed by atoms with Crippen LogP contribution in [-0.2, 0) is 11.2 Å². The molecule has 1 aliphatic rings. The van der Waals surface area contributed by atoms with Gasteiger partial charge in [-0.3, -0.25) is 24.2 Å². The third kappa shape index (κ3) is 2.30. The van der Waals surface area contributed by atoms with E-state index in [9.17, 15) is 14.4 Å². The molecule has 7 nitrogen and oxygen atoms in total. The molecule has 0 saturated heterocycles. The number of hydrogen-bond donors (Lipinski definition) is 3. The van der Waals surface area contributed by atoms with Gasteiger partial charge in [-0.1, -0.05) is 15.9 Å². The zero-order valence-corrected chi connectivity index (χ0v) is 12.4. The fourth-order valence-electron chi connectivity index (χ4n) is 2.87. The number of carbonyl (C=O) groups excluding carboxylic acids is 1. The zero-order chi connectivity index (χ0) is 15.1. The van der Waals surface area contributed by atoms with E-state index in [-0.39, 0.29) is 6.42 Å². The second kappa shape index (κ2) is 5.12. The number of nitrogens with zero attached hydrogens (tertiary/aromatic N) is 1. The minimum absolute atomic E-state index is 0.0511. The first-order valence-electron chi connectivity index (χ1n) is 6.41. The molecule has 8 heteroatoms. The molecule has 3 N–H and O–H groups in total.